The number of benzene rings is 2. The molecular weight excluding hydrogens is 454 g/mol. The Balaban J connectivity index is 1.63. The Morgan fingerprint density at radius 1 is 1.06 bits per heavy atom. The quantitative estimate of drug-likeness (QED) is 0.286. The summed E-state index contributed by atoms with van der Waals surface area (Å²) in [5, 5.41) is 4.32. The first-order valence-electron chi connectivity index (χ1n) is 10.3. The fourth-order valence-electron chi connectivity index (χ4n) is 3.69. The minimum absolute atomic E-state index is 0.266. The molecule has 0 saturated carbocycles. The fourth-order valence-corrected chi connectivity index (χ4v) is 4.83. The van der Waals surface area contributed by atoms with Crippen LogP contribution in [0.4, 0.5) is 11.4 Å². The van der Waals surface area contributed by atoms with E-state index in [2.05, 4.69) is 5.32 Å². The molecule has 3 N–H and O–H groups in total. The van der Waals surface area contributed by atoms with E-state index in [9.17, 15) is 4.79 Å². The van der Waals surface area contributed by atoms with Gasteiger partial charge in [-0.3, -0.25) is 4.79 Å². The van der Waals surface area contributed by atoms with Gasteiger partial charge in [0.25, 0.3) is 5.91 Å². The molecule has 5 rings (SSSR count). The SMILES string of the molecule is Cc1ccc(NC(=O)c2sc3nc(-c4ccc(Cl)cc4)cc(-c4ccco4)c3c2N)cc1C. The number of hydrogen-bond donors (Lipinski definition) is 2. The van der Waals surface area contributed by atoms with Crippen molar-refractivity contribution in [2.24, 2.45) is 0 Å². The summed E-state index contributed by atoms with van der Waals surface area (Å²) in [6.45, 7) is 4.04. The van der Waals surface area contributed by atoms with Crippen LogP contribution in [0.1, 0.15) is 20.8 Å². The van der Waals surface area contributed by atoms with Crippen LogP contribution in [0.25, 0.3) is 32.8 Å². The molecule has 164 valence electrons. The van der Waals surface area contributed by atoms with E-state index >= 15 is 0 Å². The second-order valence-corrected chi connectivity index (χ2v) is 9.25. The van der Waals surface area contributed by atoms with Crippen LogP contribution in [-0.2, 0) is 0 Å². The average Bonchev–Trinajstić information content (AvgIpc) is 3.45. The van der Waals surface area contributed by atoms with Crippen molar-refractivity contribution >= 4 is 50.4 Å². The topological polar surface area (TPSA) is 81.2 Å². The summed E-state index contributed by atoms with van der Waals surface area (Å²) in [4.78, 5) is 19.0. The van der Waals surface area contributed by atoms with E-state index in [4.69, 9.17) is 26.7 Å². The summed E-state index contributed by atoms with van der Waals surface area (Å²) < 4.78 is 5.68. The van der Waals surface area contributed by atoms with Crippen molar-refractivity contribution in [3.05, 3.63) is 88.0 Å². The number of fused-ring (bicyclic) bond motifs is 1. The third kappa shape index (κ3) is 3.99. The van der Waals surface area contributed by atoms with Crippen molar-refractivity contribution in [3.8, 4) is 22.6 Å². The molecular formula is C26H20ClN3O2S. The first-order chi connectivity index (χ1) is 15.9. The van der Waals surface area contributed by atoms with Crippen LogP contribution in [0.3, 0.4) is 0 Å². The van der Waals surface area contributed by atoms with E-state index < -0.39 is 0 Å². The zero-order valence-corrected chi connectivity index (χ0v) is 19.6. The zero-order valence-electron chi connectivity index (χ0n) is 18.0. The third-order valence-corrected chi connectivity index (χ3v) is 6.95. The van der Waals surface area contributed by atoms with E-state index in [1.54, 1.807) is 6.26 Å². The van der Waals surface area contributed by atoms with Crippen LogP contribution in [-0.4, -0.2) is 10.9 Å². The number of thiophene rings is 1. The predicted molar refractivity (Wildman–Crippen MR) is 136 cm³/mol. The molecule has 0 spiro atoms. The Morgan fingerprint density at radius 3 is 2.55 bits per heavy atom. The number of rotatable bonds is 4. The van der Waals surface area contributed by atoms with Crippen LogP contribution in [0.2, 0.25) is 5.02 Å². The molecule has 0 atom stereocenters. The van der Waals surface area contributed by atoms with E-state index in [-0.39, 0.29) is 5.91 Å². The molecule has 33 heavy (non-hydrogen) atoms. The highest BCUT2D eigenvalue weighted by atomic mass is 35.5. The summed E-state index contributed by atoms with van der Waals surface area (Å²) in [5.41, 5.74) is 12.3. The monoisotopic (exact) mass is 473 g/mol. The maximum absolute atomic E-state index is 13.1. The van der Waals surface area contributed by atoms with E-state index in [0.717, 1.165) is 33.6 Å². The zero-order chi connectivity index (χ0) is 23.1. The van der Waals surface area contributed by atoms with Crippen molar-refractivity contribution in [2.75, 3.05) is 11.1 Å². The Bertz CT molecular complexity index is 1490. The van der Waals surface area contributed by atoms with Gasteiger partial charge >= 0.3 is 0 Å². The molecule has 0 bridgehead atoms. The van der Waals surface area contributed by atoms with Gasteiger partial charge in [0.1, 0.15) is 15.5 Å². The van der Waals surface area contributed by atoms with Gasteiger partial charge in [-0.25, -0.2) is 4.98 Å². The number of aromatic nitrogens is 1. The van der Waals surface area contributed by atoms with Gasteiger partial charge in [-0.1, -0.05) is 29.8 Å². The third-order valence-electron chi connectivity index (χ3n) is 5.60. The lowest BCUT2D eigenvalue weighted by atomic mass is 10.0. The van der Waals surface area contributed by atoms with Crippen molar-refractivity contribution in [1.82, 2.24) is 4.98 Å². The lowest BCUT2D eigenvalue weighted by Crippen LogP contribution is -2.12. The Labute approximate surface area is 199 Å². The normalized spacial score (nSPS) is 11.1. The first kappa shape index (κ1) is 21.2. The molecule has 0 unspecified atom stereocenters. The summed E-state index contributed by atoms with van der Waals surface area (Å²) in [6, 6.07) is 18.9. The van der Waals surface area contributed by atoms with Crippen LogP contribution < -0.4 is 11.1 Å². The largest absolute Gasteiger partial charge is 0.464 e. The minimum Gasteiger partial charge on any atom is -0.464 e. The van der Waals surface area contributed by atoms with Gasteiger partial charge < -0.3 is 15.5 Å². The van der Waals surface area contributed by atoms with Gasteiger partial charge in [0.15, 0.2) is 0 Å². The number of nitrogen functional groups attached to an aromatic ring is 1. The number of hydrogen-bond acceptors (Lipinski definition) is 5. The van der Waals surface area contributed by atoms with E-state index in [1.165, 1.54) is 11.3 Å². The van der Waals surface area contributed by atoms with Crippen LogP contribution in [0.5, 0.6) is 0 Å². The van der Waals surface area contributed by atoms with Crippen molar-refractivity contribution < 1.29 is 9.21 Å². The molecule has 0 aliphatic rings. The lowest BCUT2D eigenvalue weighted by molar-refractivity contribution is 0.103. The second-order valence-electron chi connectivity index (χ2n) is 7.82. The van der Waals surface area contributed by atoms with Crippen LogP contribution in [0, 0.1) is 13.8 Å². The van der Waals surface area contributed by atoms with Gasteiger partial charge in [-0.05, 0) is 67.4 Å². The van der Waals surface area contributed by atoms with Crippen LogP contribution >= 0.6 is 22.9 Å². The number of halogens is 1. The Morgan fingerprint density at radius 2 is 1.85 bits per heavy atom. The Hall–Kier alpha value is -3.61. The molecule has 3 aromatic heterocycles. The maximum Gasteiger partial charge on any atom is 0.267 e. The van der Waals surface area contributed by atoms with Crippen LogP contribution in [0.15, 0.2) is 71.3 Å². The minimum atomic E-state index is -0.266. The number of anilines is 2. The highest BCUT2D eigenvalue weighted by Crippen LogP contribution is 2.41. The molecule has 0 radical (unpaired) electrons. The van der Waals surface area contributed by atoms with Crippen molar-refractivity contribution in [3.63, 3.8) is 0 Å². The first-order valence-corrected chi connectivity index (χ1v) is 11.5. The predicted octanol–water partition coefficient (Wildman–Crippen LogP) is 7.33. The van der Waals surface area contributed by atoms with Gasteiger partial charge in [-0.15, -0.1) is 11.3 Å². The number of nitrogens with two attached hydrogens (primary N) is 1. The number of amides is 1. The molecule has 0 saturated heterocycles. The molecule has 2 aromatic carbocycles. The summed E-state index contributed by atoms with van der Waals surface area (Å²) in [5.74, 6) is 0.389. The summed E-state index contributed by atoms with van der Waals surface area (Å²) in [7, 11) is 0. The molecule has 7 heteroatoms. The molecule has 0 fully saturated rings. The second kappa shape index (κ2) is 8.39. The van der Waals surface area contributed by atoms with Gasteiger partial charge in [-0.2, -0.15) is 0 Å². The van der Waals surface area contributed by atoms with Gasteiger partial charge in [0, 0.05) is 27.2 Å². The fraction of sp³-hybridized carbons (Fsp3) is 0.0769. The number of aryl methyl sites for hydroxylation is 2. The van der Waals surface area contributed by atoms with Gasteiger partial charge in [0.05, 0.1) is 17.6 Å². The molecule has 0 aliphatic carbocycles. The standard InChI is InChI=1S/C26H20ClN3O2S/c1-14-5-10-18(12-15(14)2)29-25(31)24-23(28)22-19(21-4-3-11-32-21)13-20(30-26(22)33-24)16-6-8-17(27)9-7-16/h3-13H,28H2,1-2H3,(H,29,31). The number of furan rings is 1. The summed E-state index contributed by atoms with van der Waals surface area (Å²) in [6.07, 6.45) is 1.61. The Kier molecular flexibility index (Phi) is 5.40. The van der Waals surface area contributed by atoms with Crippen molar-refractivity contribution in [1.29, 1.82) is 0 Å². The number of carbonyl (C=O) groups is 1. The van der Waals surface area contributed by atoms with Crippen molar-refractivity contribution in [2.45, 2.75) is 13.8 Å². The molecule has 1 amide bonds. The molecule has 0 aliphatic heterocycles. The highest BCUT2D eigenvalue weighted by molar-refractivity contribution is 7.21. The molecule has 5 nitrogen and oxygen atoms in total. The van der Waals surface area contributed by atoms with Gasteiger partial charge in [0.2, 0.25) is 0 Å². The number of nitrogens with zero attached hydrogens (tertiary/aromatic N) is 1. The molecule has 3 heterocycles. The van der Waals surface area contributed by atoms with E-state index in [0.29, 0.717) is 31.6 Å². The number of carbonyl (C=O) groups excluding carboxylic acids is 1. The average molecular weight is 474 g/mol. The number of pyridine rings is 1. The summed E-state index contributed by atoms with van der Waals surface area (Å²) >= 11 is 7.32. The lowest BCUT2D eigenvalue weighted by Gasteiger charge is -2.08. The smallest absolute Gasteiger partial charge is 0.267 e. The molecule has 5 aromatic rings. The van der Waals surface area contributed by atoms with E-state index in [1.807, 2.05) is 74.5 Å². The maximum atomic E-state index is 13.1. The number of nitrogens with one attached hydrogen (secondary N) is 1. The highest BCUT2D eigenvalue weighted by Gasteiger charge is 2.22.